The molecule has 1 unspecified atom stereocenters. The van der Waals surface area contributed by atoms with Crippen LogP contribution in [0.2, 0.25) is 0 Å². The van der Waals surface area contributed by atoms with E-state index in [9.17, 15) is 9.59 Å². The highest BCUT2D eigenvalue weighted by Gasteiger charge is 2.28. The van der Waals surface area contributed by atoms with Crippen LogP contribution in [0.3, 0.4) is 0 Å². The van der Waals surface area contributed by atoms with E-state index in [1.165, 1.54) is 16.5 Å². The van der Waals surface area contributed by atoms with E-state index >= 15 is 0 Å². The van der Waals surface area contributed by atoms with Gasteiger partial charge >= 0.3 is 0 Å². The lowest BCUT2D eigenvalue weighted by atomic mass is 9.97. The van der Waals surface area contributed by atoms with Gasteiger partial charge in [0, 0.05) is 49.5 Å². The lowest BCUT2D eigenvalue weighted by Crippen LogP contribution is -2.46. The normalized spacial score (nSPS) is 16.3. The van der Waals surface area contributed by atoms with E-state index in [2.05, 4.69) is 45.4 Å². The molecule has 0 saturated carbocycles. The number of hydrogen-bond donors (Lipinski definition) is 2. The van der Waals surface area contributed by atoms with Crippen molar-refractivity contribution >= 4 is 33.8 Å². The fourth-order valence-electron chi connectivity index (χ4n) is 4.91. The van der Waals surface area contributed by atoms with E-state index in [1.54, 1.807) is 10.8 Å². The van der Waals surface area contributed by atoms with Gasteiger partial charge in [-0.05, 0) is 62.9 Å². The Kier molecular flexibility index (Phi) is 6.04. The number of aromatic amines is 1. The maximum Gasteiger partial charge on any atom is 0.295 e. The summed E-state index contributed by atoms with van der Waals surface area (Å²) in [7, 11) is 0. The Labute approximate surface area is 198 Å². The summed E-state index contributed by atoms with van der Waals surface area (Å²) in [5.74, 6) is 0.285. The van der Waals surface area contributed by atoms with Crippen LogP contribution in [-0.4, -0.2) is 45.1 Å². The largest absolute Gasteiger partial charge is 0.361 e. The maximum absolute atomic E-state index is 13.1. The molecule has 8 heteroatoms. The van der Waals surface area contributed by atoms with Crippen molar-refractivity contribution in [1.29, 1.82) is 0 Å². The molecule has 8 nitrogen and oxygen atoms in total. The zero-order valence-corrected chi connectivity index (χ0v) is 19.7. The molecule has 4 aromatic rings. The van der Waals surface area contributed by atoms with Crippen molar-refractivity contribution in [2.24, 2.45) is 5.92 Å². The van der Waals surface area contributed by atoms with Gasteiger partial charge < -0.3 is 15.2 Å². The van der Waals surface area contributed by atoms with E-state index < -0.39 is 0 Å². The molecule has 34 heavy (non-hydrogen) atoms. The van der Waals surface area contributed by atoms with E-state index in [1.807, 2.05) is 30.2 Å². The monoisotopic (exact) mass is 458 g/mol. The van der Waals surface area contributed by atoms with Crippen LogP contribution in [0.25, 0.3) is 22.1 Å². The molecule has 1 atom stereocenters. The molecule has 1 fully saturated rings. The Bertz CT molecular complexity index is 1410. The number of aryl methyl sites for hydroxylation is 2. The second-order valence-electron chi connectivity index (χ2n) is 9.02. The Morgan fingerprint density at radius 1 is 1.29 bits per heavy atom. The van der Waals surface area contributed by atoms with Gasteiger partial charge in [0.05, 0.1) is 5.92 Å². The molecule has 2 N–H and O–H groups in total. The SMILES string of the molecule is CCn1c(=O)c(N2CCCC(C(=O)NCCc3c[nH]c4ccc(C)cc34)C2)nc2cccnc21. The number of amides is 1. The minimum Gasteiger partial charge on any atom is -0.361 e. The molecule has 4 heterocycles. The second kappa shape index (κ2) is 9.29. The van der Waals surface area contributed by atoms with Crippen LogP contribution < -0.4 is 15.8 Å². The first-order valence-electron chi connectivity index (χ1n) is 12.0. The van der Waals surface area contributed by atoms with Gasteiger partial charge in [0.1, 0.15) is 5.52 Å². The van der Waals surface area contributed by atoms with Crippen molar-refractivity contribution in [3.8, 4) is 0 Å². The number of benzene rings is 1. The molecule has 1 saturated heterocycles. The predicted octanol–water partition coefficient (Wildman–Crippen LogP) is 3.18. The first-order valence-corrected chi connectivity index (χ1v) is 12.0. The van der Waals surface area contributed by atoms with Gasteiger partial charge in [-0.1, -0.05) is 11.6 Å². The van der Waals surface area contributed by atoms with Gasteiger partial charge in [-0.25, -0.2) is 9.97 Å². The topological polar surface area (TPSA) is 95.9 Å². The number of rotatable bonds is 6. The van der Waals surface area contributed by atoms with Crippen molar-refractivity contribution < 1.29 is 4.79 Å². The van der Waals surface area contributed by atoms with Crippen molar-refractivity contribution in [1.82, 2.24) is 24.8 Å². The lowest BCUT2D eigenvalue weighted by Gasteiger charge is -2.32. The fourth-order valence-corrected chi connectivity index (χ4v) is 4.91. The molecule has 1 aromatic carbocycles. The zero-order valence-electron chi connectivity index (χ0n) is 19.7. The standard InChI is InChI=1S/C26H30N6O2/c1-3-32-23-22(7-4-11-27-23)30-24(26(32)34)31-13-5-6-19(16-31)25(33)28-12-10-18-15-29-21-9-8-17(2)14-20(18)21/h4,7-9,11,14-15,19,29H,3,5-6,10,12-13,16H2,1-2H3,(H,28,33). The first-order chi connectivity index (χ1) is 16.5. The number of H-pyrrole nitrogens is 1. The van der Waals surface area contributed by atoms with Crippen molar-refractivity contribution in [3.63, 3.8) is 0 Å². The summed E-state index contributed by atoms with van der Waals surface area (Å²) in [4.78, 5) is 40.4. The minimum atomic E-state index is -0.167. The van der Waals surface area contributed by atoms with Crippen LogP contribution >= 0.6 is 0 Å². The molecule has 0 spiro atoms. The van der Waals surface area contributed by atoms with Crippen molar-refractivity contribution in [2.75, 3.05) is 24.5 Å². The van der Waals surface area contributed by atoms with Gasteiger partial charge in [0.25, 0.3) is 5.56 Å². The summed E-state index contributed by atoms with van der Waals surface area (Å²) < 4.78 is 1.66. The lowest BCUT2D eigenvalue weighted by molar-refractivity contribution is -0.125. The summed E-state index contributed by atoms with van der Waals surface area (Å²) in [5.41, 5.74) is 4.69. The van der Waals surface area contributed by atoms with Gasteiger partial charge in [0.15, 0.2) is 11.5 Å². The quantitative estimate of drug-likeness (QED) is 0.463. The summed E-state index contributed by atoms with van der Waals surface area (Å²) >= 11 is 0. The zero-order chi connectivity index (χ0) is 23.7. The average molecular weight is 459 g/mol. The molecule has 1 amide bonds. The number of nitrogens with zero attached hydrogens (tertiary/aromatic N) is 4. The summed E-state index contributed by atoms with van der Waals surface area (Å²) in [6.45, 7) is 6.33. The Balaban J connectivity index is 1.27. The van der Waals surface area contributed by atoms with Crippen molar-refractivity contribution in [3.05, 3.63) is 64.2 Å². The first kappa shape index (κ1) is 22.1. The number of hydrogen-bond acceptors (Lipinski definition) is 5. The van der Waals surface area contributed by atoms with E-state index in [-0.39, 0.29) is 17.4 Å². The summed E-state index contributed by atoms with van der Waals surface area (Å²) in [5, 5.41) is 4.33. The highest BCUT2D eigenvalue weighted by atomic mass is 16.2. The highest BCUT2D eigenvalue weighted by Crippen LogP contribution is 2.22. The number of fused-ring (bicyclic) bond motifs is 2. The molecule has 1 aliphatic heterocycles. The number of aromatic nitrogens is 4. The number of piperidine rings is 1. The van der Waals surface area contributed by atoms with Gasteiger partial charge in [-0.3, -0.25) is 14.2 Å². The molecule has 0 radical (unpaired) electrons. The number of carbonyl (C=O) groups excluding carboxylic acids is 1. The van der Waals surface area contributed by atoms with E-state index in [0.29, 0.717) is 36.6 Å². The predicted molar refractivity (Wildman–Crippen MR) is 134 cm³/mol. The molecule has 3 aromatic heterocycles. The number of pyridine rings is 1. The molecular weight excluding hydrogens is 428 g/mol. The molecule has 5 rings (SSSR count). The average Bonchev–Trinajstić information content (AvgIpc) is 3.25. The second-order valence-corrected chi connectivity index (χ2v) is 9.02. The third-order valence-corrected chi connectivity index (χ3v) is 6.71. The van der Waals surface area contributed by atoms with Crippen molar-refractivity contribution in [2.45, 2.75) is 39.7 Å². The van der Waals surface area contributed by atoms with Crippen LogP contribution in [0.4, 0.5) is 5.82 Å². The van der Waals surface area contributed by atoms with E-state index in [4.69, 9.17) is 0 Å². The highest BCUT2D eigenvalue weighted by molar-refractivity contribution is 5.84. The summed E-state index contributed by atoms with van der Waals surface area (Å²) in [6, 6.07) is 10.1. The van der Waals surface area contributed by atoms with E-state index in [0.717, 1.165) is 31.3 Å². The maximum atomic E-state index is 13.1. The molecule has 0 aliphatic carbocycles. The van der Waals surface area contributed by atoms with Crippen LogP contribution in [0, 0.1) is 12.8 Å². The number of anilines is 1. The molecular formula is C26H30N6O2. The smallest absolute Gasteiger partial charge is 0.295 e. The van der Waals surface area contributed by atoms with Crippen LogP contribution in [0.15, 0.2) is 47.5 Å². The fraction of sp³-hybridized carbons (Fsp3) is 0.385. The summed E-state index contributed by atoms with van der Waals surface area (Å²) in [6.07, 6.45) is 6.13. The molecule has 176 valence electrons. The number of nitrogens with one attached hydrogen (secondary N) is 2. The van der Waals surface area contributed by atoms with Gasteiger partial charge in [0.2, 0.25) is 5.91 Å². The number of carbonyl (C=O) groups is 1. The van der Waals surface area contributed by atoms with Gasteiger partial charge in [-0.2, -0.15) is 0 Å². The third kappa shape index (κ3) is 4.16. The van der Waals surface area contributed by atoms with Crippen LogP contribution in [-0.2, 0) is 17.8 Å². The molecule has 1 aliphatic rings. The van der Waals surface area contributed by atoms with Crippen LogP contribution in [0.5, 0.6) is 0 Å². The Hall–Kier alpha value is -3.68. The van der Waals surface area contributed by atoms with Crippen LogP contribution in [0.1, 0.15) is 30.9 Å². The van der Waals surface area contributed by atoms with Gasteiger partial charge in [-0.15, -0.1) is 0 Å². The Morgan fingerprint density at radius 2 is 2.18 bits per heavy atom. The molecule has 0 bridgehead atoms. The Morgan fingerprint density at radius 3 is 3.03 bits per heavy atom. The minimum absolute atomic E-state index is 0.0407. The third-order valence-electron chi connectivity index (χ3n) is 6.71.